The fourth-order valence-corrected chi connectivity index (χ4v) is 2.97. The van der Waals surface area contributed by atoms with Crippen LogP contribution < -0.4 is 15.5 Å². The molecule has 0 aliphatic rings. The minimum Gasteiger partial charge on any atom is -0.325 e. The van der Waals surface area contributed by atoms with E-state index < -0.39 is 0 Å². The summed E-state index contributed by atoms with van der Waals surface area (Å²) in [4.78, 5) is 24.8. The molecule has 0 bridgehead atoms. The molecule has 1 aromatic carbocycles. The highest BCUT2D eigenvalue weighted by Gasteiger charge is 2.11. The molecule has 2 aromatic rings. The Labute approximate surface area is 134 Å². The number of thiazole rings is 1. The average Bonchev–Trinajstić information content (AvgIpc) is 2.72. The van der Waals surface area contributed by atoms with Gasteiger partial charge in [0.15, 0.2) is 0 Å². The first-order valence-corrected chi connectivity index (χ1v) is 8.09. The zero-order chi connectivity index (χ0) is 16.1. The largest absolute Gasteiger partial charge is 0.325 e. The van der Waals surface area contributed by atoms with Crippen LogP contribution in [-0.4, -0.2) is 17.0 Å². The van der Waals surface area contributed by atoms with Crippen molar-refractivity contribution in [3.63, 3.8) is 0 Å². The highest BCUT2D eigenvalue weighted by Crippen LogP contribution is 2.12. The van der Waals surface area contributed by atoms with Crippen LogP contribution >= 0.6 is 11.3 Å². The second-order valence-electron chi connectivity index (χ2n) is 5.12. The number of rotatable bonds is 6. The van der Waals surface area contributed by atoms with Crippen molar-refractivity contribution in [2.24, 2.45) is 0 Å². The first kappa shape index (κ1) is 16.5. The van der Waals surface area contributed by atoms with Gasteiger partial charge in [0.2, 0.25) is 5.91 Å². The van der Waals surface area contributed by atoms with Gasteiger partial charge in [0.25, 0.3) is 0 Å². The second kappa shape index (κ2) is 7.38. The number of aromatic nitrogens is 1. The third kappa shape index (κ3) is 4.05. The van der Waals surface area contributed by atoms with Gasteiger partial charge in [-0.3, -0.25) is 14.2 Å². The molecule has 1 amide bonds. The van der Waals surface area contributed by atoms with E-state index in [1.165, 1.54) is 15.9 Å². The van der Waals surface area contributed by atoms with Crippen LogP contribution in [0.5, 0.6) is 0 Å². The number of hydrogen-bond donors (Lipinski definition) is 2. The van der Waals surface area contributed by atoms with Gasteiger partial charge >= 0.3 is 4.87 Å². The van der Waals surface area contributed by atoms with Crippen molar-refractivity contribution < 1.29 is 4.79 Å². The highest BCUT2D eigenvalue weighted by molar-refractivity contribution is 7.09. The molecule has 2 rings (SSSR count). The zero-order valence-electron chi connectivity index (χ0n) is 13.1. The monoisotopic (exact) mass is 319 g/mol. The Bertz CT molecular complexity index is 718. The summed E-state index contributed by atoms with van der Waals surface area (Å²) in [5.41, 5.74) is 2.71. The molecule has 118 valence electrons. The number of carbonyl (C=O) groups excluding carboxylic acids is 1. The summed E-state index contributed by atoms with van der Waals surface area (Å²) >= 11 is 1.17. The molecule has 0 radical (unpaired) electrons. The van der Waals surface area contributed by atoms with E-state index in [2.05, 4.69) is 17.6 Å². The Morgan fingerprint density at radius 2 is 2.09 bits per heavy atom. The minimum absolute atomic E-state index is 0.0481. The molecule has 1 heterocycles. The maximum absolute atomic E-state index is 12.1. The fraction of sp³-hybridized carbons (Fsp3) is 0.375. The van der Waals surface area contributed by atoms with Crippen LogP contribution in [0.25, 0.3) is 0 Å². The third-order valence-corrected chi connectivity index (χ3v) is 4.46. The van der Waals surface area contributed by atoms with Crippen LogP contribution in [0.15, 0.2) is 29.1 Å². The lowest BCUT2D eigenvalue weighted by Gasteiger charge is -2.09. The molecule has 0 atom stereocenters. The molecular weight excluding hydrogens is 298 g/mol. The second-order valence-corrected chi connectivity index (χ2v) is 6.29. The Balaban J connectivity index is 2.04. The van der Waals surface area contributed by atoms with Crippen LogP contribution in [0.1, 0.15) is 23.1 Å². The molecule has 0 fully saturated rings. The normalized spacial score (nSPS) is 10.7. The van der Waals surface area contributed by atoms with Crippen molar-refractivity contribution in [2.45, 2.75) is 33.9 Å². The summed E-state index contributed by atoms with van der Waals surface area (Å²) in [6.07, 6.45) is 0. The molecule has 0 saturated heterocycles. The van der Waals surface area contributed by atoms with Crippen molar-refractivity contribution in [3.8, 4) is 0 Å². The van der Waals surface area contributed by atoms with E-state index in [0.717, 1.165) is 34.9 Å². The van der Waals surface area contributed by atoms with Gasteiger partial charge in [0.05, 0.1) is 0 Å². The van der Waals surface area contributed by atoms with Crippen LogP contribution in [0.2, 0.25) is 0 Å². The van der Waals surface area contributed by atoms with Gasteiger partial charge in [-0.25, -0.2) is 0 Å². The van der Waals surface area contributed by atoms with Crippen molar-refractivity contribution in [1.29, 1.82) is 0 Å². The predicted octanol–water partition coefficient (Wildman–Crippen LogP) is 2.27. The van der Waals surface area contributed by atoms with Crippen LogP contribution in [0.3, 0.4) is 0 Å². The number of hydrogen-bond acceptors (Lipinski definition) is 4. The van der Waals surface area contributed by atoms with E-state index in [1.807, 2.05) is 38.1 Å². The maximum atomic E-state index is 12.1. The number of nitrogens with zero attached hydrogens (tertiary/aromatic N) is 1. The number of anilines is 1. The van der Waals surface area contributed by atoms with E-state index in [9.17, 15) is 9.59 Å². The van der Waals surface area contributed by atoms with Gasteiger partial charge < -0.3 is 10.6 Å². The Morgan fingerprint density at radius 3 is 2.73 bits per heavy atom. The molecule has 22 heavy (non-hydrogen) atoms. The van der Waals surface area contributed by atoms with E-state index in [-0.39, 0.29) is 17.3 Å². The number of benzene rings is 1. The van der Waals surface area contributed by atoms with Gasteiger partial charge in [-0.05, 0) is 38.1 Å². The molecular formula is C16H21N3O2S. The fourth-order valence-electron chi connectivity index (χ4n) is 2.14. The lowest BCUT2D eigenvalue weighted by Crippen LogP contribution is -2.25. The van der Waals surface area contributed by atoms with E-state index in [4.69, 9.17) is 0 Å². The van der Waals surface area contributed by atoms with Gasteiger partial charge in [-0.2, -0.15) is 0 Å². The summed E-state index contributed by atoms with van der Waals surface area (Å²) in [7, 11) is 0. The minimum atomic E-state index is -0.191. The van der Waals surface area contributed by atoms with Gasteiger partial charge in [0.1, 0.15) is 6.54 Å². The van der Waals surface area contributed by atoms with Crippen molar-refractivity contribution in [3.05, 3.63) is 50.1 Å². The van der Waals surface area contributed by atoms with E-state index in [1.54, 1.807) is 0 Å². The smallest absolute Gasteiger partial charge is 0.308 e. The molecule has 0 saturated carbocycles. The summed E-state index contributed by atoms with van der Waals surface area (Å²) < 4.78 is 1.51. The van der Waals surface area contributed by atoms with Crippen molar-refractivity contribution >= 4 is 22.9 Å². The van der Waals surface area contributed by atoms with Crippen molar-refractivity contribution in [2.75, 3.05) is 11.9 Å². The zero-order valence-corrected chi connectivity index (χ0v) is 13.9. The lowest BCUT2D eigenvalue weighted by molar-refractivity contribution is -0.116. The molecule has 6 heteroatoms. The number of amides is 1. The lowest BCUT2D eigenvalue weighted by atomic mass is 10.2. The third-order valence-electron chi connectivity index (χ3n) is 3.47. The SMILES string of the molecule is CCNCc1cccc(NC(=O)Cn2c(C)c(C)sc2=O)c1. The molecule has 0 aliphatic carbocycles. The predicted molar refractivity (Wildman–Crippen MR) is 90.5 cm³/mol. The van der Waals surface area contributed by atoms with Crippen molar-refractivity contribution in [1.82, 2.24) is 9.88 Å². The Hall–Kier alpha value is -1.92. The number of aryl methyl sites for hydroxylation is 1. The standard InChI is InChI=1S/C16H21N3O2S/c1-4-17-9-13-6-5-7-14(8-13)18-15(20)10-19-11(2)12(3)22-16(19)21/h5-8,17H,4,9-10H2,1-3H3,(H,18,20). The molecule has 0 unspecified atom stereocenters. The van der Waals surface area contributed by atoms with E-state index >= 15 is 0 Å². The first-order valence-electron chi connectivity index (χ1n) is 7.27. The highest BCUT2D eigenvalue weighted by atomic mass is 32.1. The summed E-state index contributed by atoms with van der Waals surface area (Å²) in [6.45, 7) is 7.51. The maximum Gasteiger partial charge on any atom is 0.308 e. The summed E-state index contributed by atoms with van der Waals surface area (Å²) in [6, 6.07) is 7.71. The number of carbonyl (C=O) groups is 1. The average molecular weight is 319 g/mol. The molecule has 5 nitrogen and oxygen atoms in total. The van der Waals surface area contributed by atoms with Gasteiger partial charge in [-0.1, -0.05) is 30.4 Å². The molecule has 1 aromatic heterocycles. The Morgan fingerprint density at radius 1 is 1.32 bits per heavy atom. The van der Waals surface area contributed by atoms with Gasteiger partial charge in [-0.15, -0.1) is 0 Å². The number of nitrogens with one attached hydrogen (secondary N) is 2. The molecule has 2 N–H and O–H groups in total. The molecule has 0 aliphatic heterocycles. The summed E-state index contributed by atoms with van der Waals surface area (Å²) in [5, 5.41) is 6.09. The molecule has 0 spiro atoms. The van der Waals surface area contributed by atoms with Crippen LogP contribution in [0, 0.1) is 13.8 Å². The summed E-state index contributed by atoms with van der Waals surface area (Å²) in [5.74, 6) is -0.191. The van der Waals surface area contributed by atoms with Crippen LogP contribution in [0.4, 0.5) is 5.69 Å². The first-order chi connectivity index (χ1) is 10.5. The quantitative estimate of drug-likeness (QED) is 0.858. The van der Waals surface area contributed by atoms with Crippen LogP contribution in [-0.2, 0) is 17.9 Å². The topological polar surface area (TPSA) is 63.1 Å². The van der Waals surface area contributed by atoms with Gasteiger partial charge in [0, 0.05) is 22.8 Å². The Kier molecular flexibility index (Phi) is 5.51. The van der Waals surface area contributed by atoms with E-state index in [0.29, 0.717) is 0 Å².